The first-order valence-electron chi connectivity index (χ1n) is 7.22. The molecule has 2 saturated heterocycles. The molecule has 108 valence electrons. The number of imide groups is 1. The summed E-state index contributed by atoms with van der Waals surface area (Å²) >= 11 is 0. The number of hydrogen-bond donors (Lipinski definition) is 1. The van der Waals surface area contributed by atoms with Crippen molar-refractivity contribution in [2.75, 3.05) is 26.7 Å². The molecule has 0 aromatic carbocycles. The second-order valence-electron chi connectivity index (χ2n) is 6.25. The van der Waals surface area contributed by atoms with Gasteiger partial charge in [-0.05, 0) is 46.7 Å². The molecule has 0 aliphatic carbocycles. The van der Waals surface area contributed by atoms with Gasteiger partial charge in [0.1, 0.15) is 0 Å². The van der Waals surface area contributed by atoms with Gasteiger partial charge in [0.15, 0.2) is 0 Å². The monoisotopic (exact) mass is 267 g/mol. The third-order valence-corrected chi connectivity index (χ3v) is 4.37. The number of piperazine rings is 1. The van der Waals surface area contributed by atoms with Crippen molar-refractivity contribution < 1.29 is 9.59 Å². The van der Waals surface area contributed by atoms with E-state index in [2.05, 4.69) is 17.3 Å². The van der Waals surface area contributed by atoms with Crippen LogP contribution in [0.2, 0.25) is 0 Å². The van der Waals surface area contributed by atoms with Crippen LogP contribution in [0.25, 0.3) is 0 Å². The molecule has 5 heteroatoms. The minimum Gasteiger partial charge on any atom is -0.303 e. The summed E-state index contributed by atoms with van der Waals surface area (Å²) in [6.45, 7) is 5.61. The van der Waals surface area contributed by atoms with Gasteiger partial charge in [-0.3, -0.25) is 19.8 Å². The van der Waals surface area contributed by atoms with Gasteiger partial charge in [0, 0.05) is 12.6 Å². The van der Waals surface area contributed by atoms with Gasteiger partial charge < -0.3 is 4.90 Å². The molecule has 5 nitrogen and oxygen atoms in total. The van der Waals surface area contributed by atoms with Crippen LogP contribution in [0.5, 0.6) is 0 Å². The van der Waals surface area contributed by atoms with Gasteiger partial charge in [-0.15, -0.1) is 0 Å². The van der Waals surface area contributed by atoms with Crippen molar-refractivity contribution in [1.29, 1.82) is 0 Å². The first-order valence-corrected chi connectivity index (χ1v) is 7.22. The Labute approximate surface area is 115 Å². The van der Waals surface area contributed by atoms with Gasteiger partial charge in [0.25, 0.3) is 0 Å². The lowest BCUT2D eigenvalue weighted by molar-refractivity contribution is -0.152. The van der Waals surface area contributed by atoms with E-state index in [1.165, 1.54) is 24.2 Å². The van der Waals surface area contributed by atoms with E-state index < -0.39 is 5.54 Å². The standard InChI is InChI=1S/C14H25N3O2/c1-14(2)13(19)17(12(18)10-15-14)9-7-11-6-4-5-8-16(11)3/h11,15H,4-10H2,1-3H3. The van der Waals surface area contributed by atoms with Crippen molar-refractivity contribution in [2.24, 2.45) is 0 Å². The molecule has 1 unspecified atom stereocenters. The molecular formula is C14H25N3O2. The molecule has 2 heterocycles. The van der Waals surface area contributed by atoms with E-state index >= 15 is 0 Å². The Morgan fingerprint density at radius 3 is 2.74 bits per heavy atom. The molecule has 0 saturated carbocycles. The number of amides is 2. The summed E-state index contributed by atoms with van der Waals surface area (Å²) in [6.07, 6.45) is 4.58. The van der Waals surface area contributed by atoms with Gasteiger partial charge >= 0.3 is 0 Å². The maximum absolute atomic E-state index is 12.2. The zero-order chi connectivity index (χ0) is 14.0. The van der Waals surface area contributed by atoms with Crippen LogP contribution in [0.3, 0.4) is 0 Å². The fourth-order valence-electron chi connectivity index (χ4n) is 2.93. The average molecular weight is 267 g/mol. The number of nitrogens with one attached hydrogen (secondary N) is 1. The highest BCUT2D eigenvalue weighted by Gasteiger charge is 2.39. The zero-order valence-electron chi connectivity index (χ0n) is 12.2. The van der Waals surface area contributed by atoms with E-state index in [1.807, 2.05) is 13.8 Å². The van der Waals surface area contributed by atoms with Gasteiger partial charge in [-0.2, -0.15) is 0 Å². The van der Waals surface area contributed by atoms with Crippen LogP contribution in [-0.2, 0) is 9.59 Å². The number of carbonyl (C=O) groups excluding carboxylic acids is 2. The SMILES string of the molecule is CN1CCCCC1CCN1C(=O)CNC(C)(C)C1=O. The molecule has 2 aliphatic heterocycles. The fraction of sp³-hybridized carbons (Fsp3) is 0.857. The van der Waals surface area contributed by atoms with Crippen LogP contribution in [0, 0.1) is 0 Å². The minimum absolute atomic E-state index is 0.0946. The quantitative estimate of drug-likeness (QED) is 0.761. The maximum Gasteiger partial charge on any atom is 0.248 e. The lowest BCUT2D eigenvalue weighted by Gasteiger charge is -2.38. The summed E-state index contributed by atoms with van der Waals surface area (Å²) in [7, 11) is 2.13. The normalized spacial score (nSPS) is 28.8. The zero-order valence-corrected chi connectivity index (χ0v) is 12.2. The van der Waals surface area contributed by atoms with Gasteiger partial charge in [0.05, 0.1) is 12.1 Å². The van der Waals surface area contributed by atoms with Gasteiger partial charge in [-0.1, -0.05) is 6.42 Å². The van der Waals surface area contributed by atoms with E-state index in [0.717, 1.165) is 13.0 Å². The molecule has 1 atom stereocenters. The summed E-state index contributed by atoms with van der Waals surface area (Å²) in [5, 5.41) is 2.98. The molecule has 0 bridgehead atoms. The van der Waals surface area contributed by atoms with Crippen LogP contribution in [-0.4, -0.2) is 59.9 Å². The Hall–Kier alpha value is -0.940. The molecular weight excluding hydrogens is 242 g/mol. The highest BCUT2D eigenvalue weighted by atomic mass is 16.2. The van der Waals surface area contributed by atoms with Crippen LogP contribution in [0.1, 0.15) is 39.5 Å². The Balaban J connectivity index is 1.93. The predicted octanol–water partition coefficient (Wildman–Crippen LogP) is 0.598. The second-order valence-corrected chi connectivity index (χ2v) is 6.25. The van der Waals surface area contributed by atoms with Gasteiger partial charge in [0.2, 0.25) is 11.8 Å². The molecule has 0 aromatic heterocycles. The van der Waals surface area contributed by atoms with Crippen LogP contribution in [0.15, 0.2) is 0 Å². The fourth-order valence-corrected chi connectivity index (χ4v) is 2.93. The van der Waals surface area contributed by atoms with E-state index in [1.54, 1.807) is 0 Å². The summed E-state index contributed by atoms with van der Waals surface area (Å²) in [5.74, 6) is -0.190. The summed E-state index contributed by atoms with van der Waals surface area (Å²) in [4.78, 5) is 27.9. The third-order valence-electron chi connectivity index (χ3n) is 4.37. The first-order chi connectivity index (χ1) is 8.92. The number of rotatable bonds is 3. The molecule has 19 heavy (non-hydrogen) atoms. The van der Waals surface area contributed by atoms with Crippen LogP contribution >= 0.6 is 0 Å². The van der Waals surface area contributed by atoms with E-state index in [0.29, 0.717) is 12.6 Å². The van der Waals surface area contributed by atoms with Crippen LogP contribution in [0.4, 0.5) is 0 Å². The Kier molecular flexibility index (Phi) is 4.26. The van der Waals surface area contributed by atoms with E-state index in [4.69, 9.17) is 0 Å². The molecule has 2 fully saturated rings. The molecule has 1 N–H and O–H groups in total. The number of nitrogens with zero attached hydrogens (tertiary/aromatic N) is 2. The molecule has 0 radical (unpaired) electrons. The minimum atomic E-state index is -0.619. The Bertz CT molecular complexity index is 368. The topological polar surface area (TPSA) is 52.6 Å². The summed E-state index contributed by atoms with van der Waals surface area (Å²) in [6, 6.07) is 0.507. The van der Waals surface area contributed by atoms with E-state index in [9.17, 15) is 9.59 Å². The second kappa shape index (κ2) is 5.59. The molecule has 0 spiro atoms. The summed E-state index contributed by atoms with van der Waals surface area (Å²) in [5.41, 5.74) is -0.619. The Morgan fingerprint density at radius 2 is 2.05 bits per heavy atom. The number of hydrogen-bond acceptors (Lipinski definition) is 4. The number of piperidine rings is 1. The number of likely N-dealkylation sites (tertiary alicyclic amines) is 1. The average Bonchev–Trinajstić information content (AvgIpc) is 2.37. The highest BCUT2D eigenvalue weighted by molar-refractivity contribution is 6.02. The molecule has 2 rings (SSSR count). The van der Waals surface area contributed by atoms with E-state index in [-0.39, 0.29) is 18.4 Å². The molecule has 2 aliphatic rings. The van der Waals surface area contributed by atoms with Crippen molar-refractivity contribution in [3.8, 4) is 0 Å². The smallest absolute Gasteiger partial charge is 0.248 e. The van der Waals surface area contributed by atoms with Crippen molar-refractivity contribution >= 4 is 11.8 Å². The van der Waals surface area contributed by atoms with Crippen molar-refractivity contribution in [3.05, 3.63) is 0 Å². The van der Waals surface area contributed by atoms with Crippen molar-refractivity contribution in [2.45, 2.75) is 51.1 Å². The first kappa shape index (κ1) is 14.5. The Morgan fingerprint density at radius 1 is 1.32 bits per heavy atom. The van der Waals surface area contributed by atoms with Gasteiger partial charge in [-0.25, -0.2) is 0 Å². The lowest BCUT2D eigenvalue weighted by atomic mass is 9.97. The van der Waals surface area contributed by atoms with Crippen molar-refractivity contribution in [1.82, 2.24) is 15.1 Å². The highest BCUT2D eigenvalue weighted by Crippen LogP contribution is 2.20. The largest absolute Gasteiger partial charge is 0.303 e. The van der Waals surface area contributed by atoms with Crippen molar-refractivity contribution in [3.63, 3.8) is 0 Å². The van der Waals surface area contributed by atoms with Crippen LogP contribution < -0.4 is 5.32 Å². The third kappa shape index (κ3) is 3.15. The molecule has 2 amide bonds. The lowest BCUT2D eigenvalue weighted by Crippen LogP contribution is -2.64. The predicted molar refractivity (Wildman–Crippen MR) is 73.7 cm³/mol. The molecule has 0 aromatic rings. The maximum atomic E-state index is 12.2. The summed E-state index contributed by atoms with van der Waals surface area (Å²) < 4.78 is 0. The number of carbonyl (C=O) groups is 2.